The second-order valence-corrected chi connectivity index (χ2v) is 5.36. The lowest BCUT2D eigenvalue weighted by atomic mass is 10.3. The Balaban J connectivity index is 2.03. The average Bonchev–Trinajstić information content (AvgIpc) is 2.91. The van der Waals surface area contributed by atoms with Gasteiger partial charge in [0.1, 0.15) is 19.0 Å². The van der Waals surface area contributed by atoms with Crippen LogP contribution in [0.4, 0.5) is 5.69 Å². The van der Waals surface area contributed by atoms with Gasteiger partial charge in [0.15, 0.2) is 0 Å². The summed E-state index contributed by atoms with van der Waals surface area (Å²) in [5.41, 5.74) is 0.654. The lowest BCUT2D eigenvalue weighted by Crippen LogP contribution is -2.07. The minimum atomic E-state index is -0.145. The number of hydrogen-bond acceptors (Lipinski definition) is 4. The third kappa shape index (κ3) is 4.63. The fraction of sp³-hybridized carbons (Fsp3) is 0.188. The first-order chi connectivity index (χ1) is 10.2. The number of ether oxygens (including phenoxy) is 1. The Morgan fingerprint density at radius 1 is 1.33 bits per heavy atom. The number of benzene rings is 1. The summed E-state index contributed by atoms with van der Waals surface area (Å²) in [6, 6.07) is 11.1. The number of amides is 1. The van der Waals surface area contributed by atoms with Crippen LogP contribution < -0.4 is 10.1 Å². The first-order valence-corrected chi connectivity index (χ1v) is 7.18. The molecule has 0 aliphatic carbocycles. The van der Waals surface area contributed by atoms with Crippen molar-refractivity contribution in [2.24, 2.45) is 0 Å². The van der Waals surface area contributed by atoms with E-state index in [2.05, 4.69) is 17.2 Å². The van der Waals surface area contributed by atoms with E-state index in [9.17, 15) is 4.79 Å². The highest BCUT2D eigenvalue weighted by Gasteiger charge is 2.05. The first-order valence-electron chi connectivity index (χ1n) is 6.37. The van der Waals surface area contributed by atoms with Gasteiger partial charge in [0.05, 0.1) is 10.6 Å². The number of rotatable bonds is 4. The molecule has 0 atom stereocenters. The number of anilines is 1. The zero-order chi connectivity index (χ0) is 15.1. The summed E-state index contributed by atoms with van der Waals surface area (Å²) in [5.74, 6) is 5.96. The Kier molecular flexibility index (Phi) is 5.38. The number of carbonyl (C=O) groups excluding carboxylic acids is 1. The average molecular weight is 301 g/mol. The van der Waals surface area contributed by atoms with E-state index in [1.807, 2.05) is 30.3 Å². The molecule has 0 bridgehead atoms. The molecule has 0 radical (unpaired) electrons. The van der Waals surface area contributed by atoms with Crippen LogP contribution in [0.5, 0.6) is 5.75 Å². The van der Waals surface area contributed by atoms with Crippen molar-refractivity contribution in [2.45, 2.75) is 13.5 Å². The summed E-state index contributed by atoms with van der Waals surface area (Å²) in [7, 11) is 0. The van der Waals surface area contributed by atoms with Crippen LogP contribution in [0.1, 0.15) is 16.7 Å². The van der Waals surface area contributed by atoms with E-state index in [0.717, 1.165) is 9.75 Å². The van der Waals surface area contributed by atoms with E-state index >= 15 is 0 Å². The second kappa shape index (κ2) is 7.48. The van der Waals surface area contributed by atoms with Gasteiger partial charge in [-0.3, -0.25) is 4.79 Å². The Bertz CT molecular complexity index is 682. The zero-order valence-corrected chi connectivity index (χ0v) is 12.4. The molecular weight excluding hydrogens is 286 g/mol. The molecule has 21 heavy (non-hydrogen) atoms. The van der Waals surface area contributed by atoms with Crippen LogP contribution in [0.15, 0.2) is 36.4 Å². The number of aliphatic hydroxyl groups is 1. The molecule has 108 valence electrons. The molecule has 0 unspecified atom stereocenters. The number of para-hydroxylation sites is 2. The van der Waals surface area contributed by atoms with Crippen molar-refractivity contribution in [3.05, 3.63) is 46.2 Å². The fourth-order valence-corrected chi connectivity index (χ4v) is 2.48. The van der Waals surface area contributed by atoms with E-state index in [4.69, 9.17) is 9.84 Å². The number of nitrogens with one attached hydrogen (secondary N) is 1. The fourth-order valence-electron chi connectivity index (χ4n) is 1.68. The van der Waals surface area contributed by atoms with E-state index in [0.29, 0.717) is 18.0 Å². The maximum absolute atomic E-state index is 11.1. The monoisotopic (exact) mass is 301 g/mol. The molecule has 2 rings (SSSR count). The number of aliphatic hydroxyl groups excluding tert-OH is 1. The predicted molar refractivity (Wildman–Crippen MR) is 83.4 cm³/mol. The highest BCUT2D eigenvalue weighted by molar-refractivity contribution is 7.12. The van der Waals surface area contributed by atoms with Crippen LogP contribution in [0.25, 0.3) is 0 Å². The molecule has 0 aliphatic rings. The normalized spacial score (nSPS) is 9.62. The van der Waals surface area contributed by atoms with Crippen LogP contribution in [-0.4, -0.2) is 17.6 Å². The molecule has 2 N–H and O–H groups in total. The SMILES string of the molecule is CC(=O)Nc1ccccc1OCc1ccc(C#CCO)s1. The highest BCUT2D eigenvalue weighted by atomic mass is 32.1. The van der Waals surface area contributed by atoms with E-state index < -0.39 is 0 Å². The van der Waals surface area contributed by atoms with Gasteiger partial charge in [-0.15, -0.1) is 11.3 Å². The summed E-state index contributed by atoms with van der Waals surface area (Å²) >= 11 is 1.51. The van der Waals surface area contributed by atoms with Crippen molar-refractivity contribution in [1.82, 2.24) is 0 Å². The van der Waals surface area contributed by atoms with Gasteiger partial charge in [0.25, 0.3) is 0 Å². The summed E-state index contributed by atoms with van der Waals surface area (Å²) in [6.45, 7) is 1.72. The molecule has 0 aliphatic heterocycles. The summed E-state index contributed by atoms with van der Waals surface area (Å²) in [6.07, 6.45) is 0. The molecule has 0 spiro atoms. The van der Waals surface area contributed by atoms with Gasteiger partial charge in [-0.2, -0.15) is 0 Å². The van der Waals surface area contributed by atoms with Crippen LogP contribution in [0, 0.1) is 11.8 Å². The van der Waals surface area contributed by atoms with Gasteiger partial charge >= 0.3 is 0 Å². The lowest BCUT2D eigenvalue weighted by molar-refractivity contribution is -0.114. The molecule has 2 aromatic rings. The van der Waals surface area contributed by atoms with Crippen molar-refractivity contribution in [3.8, 4) is 17.6 Å². The third-order valence-corrected chi connectivity index (χ3v) is 3.49. The van der Waals surface area contributed by atoms with Crippen molar-refractivity contribution < 1.29 is 14.6 Å². The summed E-state index contributed by atoms with van der Waals surface area (Å²) in [4.78, 5) is 13.1. The van der Waals surface area contributed by atoms with Crippen molar-refractivity contribution >= 4 is 22.9 Å². The molecule has 1 aromatic carbocycles. The molecule has 1 amide bonds. The topological polar surface area (TPSA) is 58.6 Å². The van der Waals surface area contributed by atoms with E-state index in [1.165, 1.54) is 18.3 Å². The summed E-state index contributed by atoms with van der Waals surface area (Å²) < 4.78 is 5.74. The van der Waals surface area contributed by atoms with Gasteiger partial charge in [-0.25, -0.2) is 0 Å². The smallest absolute Gasteiger partial charge is 0.221 e. The largest absolute Gasteiger partial charge is 0.486 e. The van der Waals surface area contributed by atoms with Gasteiger partial charge in [0.2, 0.25) is 5.91 Å². The minimum absolute atomic E-state index is 0.135. The molecular formula is C16H15NO3S. The Morgan fingerprint density at radius 2 is 2.14 bits per heavy atom. The molecule has 0 saturated carbocycles. The predicted octanol–water partition coefficient (Wildman–Crippen LogP) is 2.63. The summed E-state index contributed by atoms with van der Waals surface area (Å²) in [5, 5.41) is 11.4. The quantitative estimate of drug-likeness (QED) is 0.854. The molecule has 0 fully saturated rings. The van der Waals surface area contributed by atoms with Gasteiger partial charge < -0.3 is 15.2 Å². The Hall–Kier alpha value is -2.29. The number of carbonyl (C=O) groups is 1. The number of hydrogen-bond donors (Lipinski definition) is 2. The zero-order valence-electron chi connectivity index (χ0n) is 11.6. The maximum atomic E-state index is 11.1. The molecule has 4 nitrogen and oxygen atoms in total. The van der Waals surface area contributed by atoms with Crippen molar-refractivity contribution in [2.75, 3.05) is 11.9 Å². The van der Waals surface area contributed by atoms with E-state index in [1.54, 1.807) is 6.07 Å². The molecule has 5 heteroatoms. The van der Waals surface area contributed by atoms with E-state index in [-0.39, 0.29) is 12.5 Å². The van der Waals surface area contributed by atoms with Gasteiger partial charge in [0, 0.05) is 11.8 Å². The second-order valence-electron chi connectivity index (χ2n) is 4.19. The van der Waals surface area contributed by atoms with Crippen LogP contribution in [-0.2, 0) is 11.4 Å². The van der Waals surface area contributed by atoms with Crippen molar-refractivity contribution in [1.29, 1.82) is 0 Å². The minimum Gasteiger partial charge on any atom is -0.486 e. The van der Waals surface area contributed by atoms with Crippen LogP contribution in [0.2, 0.25) is 0 Å². The molecule has 1 aromatic heterocycles. The maximum Gasteiger partial charge on any atom is 0.221 e. The van der Waals surface area contributed by atoms with Gasteiger partial charge in [-0.05, 0) is 24.3 Å². The first kappa shape index (κ1) is 15.1. The van der Waals surface area contributed by atoms with Crippen molar-refractivity contribution in [3.63, 3.8) is 0 Å². The molecule has 1 heterocycles. The highest BCUT2D eigenvalue weighted by Crippen LogP contribution is 2.26. The van der Waals surface area contributed by atoms with Crippen LogP contribution >= 0.6 is 11.3 Å². The number of thiophene rings is 1. The third-order valence-electron chi connectivity index (χ3n) is 2.52. The van der Waals surface area contributed by atoms with Crippen LogP contribution in [0.3, 0.4) is 0 Å². The Labute approximate surface area is 127 Å². The van der Waals surface area contributed by atoms with Gasteiger partial charge in [-0.1, -0.05) is 24.0 Å². The standard InChI is InChI=1S/C16H15NO3S/c1-12(19)17-15-6-2-3-7-16(15)20-11-14-9-8-13(21-14)5-4-10-18/h2-3,6-9,18H,10-11H2,1H3,(H,17,19). The Morgan fingerprint density at radius 3 is 2.90 bits per heavy atom. The molecule has 0 saturated heterocycles. The lowest BCUT2D eigenvalue weighted by Gasteiger charge is -2.10.